The van der Waals surface area contributed by atoms with Crippen molar-refractivity contribution in [1.82, 2.24) is 19.6 Å². The Kier molecular flexibility index (Phi) is 4.15. The van der Waals surface area contributed by atoms with Crippen molar-refractivity contribution in [3.63, 3.8) is 0 Å². The number of amides is 1. The SMILES string of the molecule is Cc1ccc(O)c(C)c1-c1cn2nc(-c3ncccc3F)nc2c(C(N)=O)c1N. The van der Waals surface area contributed by atoms with Crippen LogP contribution in [-0.2, 0) is 0 Å². The highest BCUT2D eigenvalue weighted by Gasteiger charge is 2.23. The zero-order valence-electron chi connectivity index (χ0n) is 15.6. The summed E-state index contributed by atoms with van der Waals surface area (Å²) < 4.78 is 15.5. The number of aromatic nitrogens is 4. The van der Waals surface area contributed by atoms with Crippen molar-refractivity contribution in [1.29, 1.82) is 0 Å². The van der Waals surface area contributed by atoms with Crippen LogP contribution in [-0.4, -0.2) is 30.6 Å². The molecule has 0 aliphatic rings. The standard InChI is InChI=1S/C20H17FN6O2/c1-9-5-6-13(28)10(2)14(9)11-8-27-20(15(16(11)22)18(23)29)25-19(26-27)17-12(21)4-3-7-24-17/h3-8,28H,22H2,1-2H3,(H2,23,29). The van der Waals surface area contributed by atoms with E-state index in [1.807, 2.05) is 6.92 Å². The van der Waals surface area contributed by atoms with Gasteiger partial charge in [-0.2, -0.15) is 0 Å². The van der Waals surface area contributed by atoms with E-state index >= 15 is 0 Å². The number of carbonyl (C=O) groups is 1. The molecule has 146 valence electrons. The molecule has 4 aromatic rings. The lowest BCUT2D eigenvalue weighted by atomic mass is 9.93. The summed E-state index contributed by atoms with van der Waals surface area (Å²) in [5.41, 5.74) is 14.5. The van der Waals surface area contributed by atoms with Crippen LogP contribution in [0.15, 0.2) is 36.7 Å². The van der Waals surface area contributed by atoms with Gasteiger partial charge in [-0.1, -0.05) is 6.07 Å². The molecule has 8 nitrogen and oxygen atoms in total. The number of aryl methyl sites for hydroxylation is 1. The number of hydrogen-bond acceptors (Lipinski definition) is 6. The molecule has 0 radical (unpaired) electrons. The van der Waals surface area contributed by atoms with E-state index in [-0.39, 0.29) is 34.2 Å². The highest BCUT2D eigenvalue weighted by molar-refractivity contribution is 6.07. The van der Waals surface area contributed by atoms with Crippen LogP contribution in [0.3, 0.4) is 0 Å². The van der Waals surface area contributed by atoms with E-state index in [2.05, 4.69) is 15.1 Å². The van der Waals surface area contributed by atoms with Gasteiger partial charge in [0.05, 0.1) is 5.69 Å². The Morgan fingerprint density at radius 2 is 2.00 bits per heavy atom. The number of nitrogens with two attached hydrogens (primary N) is 2. The highest BCUT2D eigenvalue weighted by atomic mass is 19.1. The molecule has 9 heteroatoms. The number of aromatic hydroxyl groups is 1. The van der Waals surface area contributed by atoms with Crippen LogP contribution in [0.1, 0.15) is 21.5 Å². The third-order valence-electron chi connectivity index (χ3n) is 4.80. The van der Waals surface area contributed by atoms with E-state index in [1.165, 1.54) is 22.8 Å². The molecule has 3 aromatic heterocycles. The van der Waals surface area contributed by atoms with Gasteiger partial charge in [-0.25, -0.2) is 18.9 Å². The number of carbonyl (C=O) groups excluding carboxylic acids is 1. The lowest BCUT2D eigenvalue weighted by Crippen LogP contribution is -2.16. The number of phenolic OH excluding ortho intramolecular Hbond substituents is 1. The van der Waals surface area contributed by atoms with E-state index in [9.17, 15) is 14.3 Å². The maximum Gasteiger partial charge on any atom is 0.254 e. The summed E-state index contributed by atoms with van der Waals surface area (Å²) in [4.78, 5) is 20.4. The number of phenols is 1. The van der Waals surface area contributed by atoms with Crippen molar-refractivity contribution in [2.24, 2.45) is 5.73 Å². The monoisotopic (exact) mass is 392 g/mol. The average molecular weight is 392 g/mol. The Morgan fingerprint density at radius 3 is 2.69 bits per heavy atom. The zero-order valence-corrected chi connectivity index (χ0v) is 15.6. The molecule has 5 N–H and O–H groups in total. The Morgan fingerprint density at radius 1 is 1.24 bits per heavy atom. The maximum absolute atomic E-state index is 14.1. The van der Waals surface area contributed by atoms with Crippen molar-refractivity contribution >= 4 is 17.2 Å². The molecule has 3 heterocycles. The molecule has 0 fully saturated rings. The van der Waals surface area contributed by atoms with Gasteiger partial charge in [0.2, 0.25) is 5.82 Å². The first-order chi connectivity index (χ1) is 13.8. The van der Waals surface area contributed by atoms with Crippen LogP contribution in [0.5, 0.6) is 5.75 Å². The first-order valence-corrected chi connectivity index (χ1v) is 8.68. The van der Waals surface area contributed by atoms with Crippen LogP contribution in [0, 0.1) is 19.7 Å². The normalized spacial score (nSPS) is 11.1. The molecule has 4 rings (SSSR count). The number of benzene rings is 1. The van der Waals surface area contributed by atoms with Crippen molar-refractivity contribution in [2.75, 3.05) is 5.73 Å². The van der Waals surface area contributed by atoms with Gasteiger partial charge < -0.3 is 16.6 Å². The highest BCUT2D eigenvalue weighted by Crippen LogP contribution is 2.38. The minimum atomic E-state index is -0.801. The fraction of sp³-hybridized carbons (Fsp3) is 0.100. The van der Waals surface area contributed by atoms with Gasteiger partial charge in [0.25, 0.3) is 5.91 Å². The number of pyridine rings is 2. The summed E-state index contributed by atoms with van der Waals surface area (Å²) in [7, 11) is 0. The van der Waals surface area contributed by atoms with E-state index in [0.29, 0.717) is 16.7 Å². The Balaban J connectivity index is 2.07. The van der Waals surface area contributed by atoms with Crippen LogP contribution in [0.25, 0.3) is 28.3 Å². The maximum atomic E-state index is 14.1. The lowest BCUT2D eigenvalue weighted by Gasteiger charge is -2.15. The van der Waals surface area contributed by atoms with E-state index in [0.717, 1.165) is 5.56 Å². The predicted octanol–water partition coefficient (Wildman–Crippen LogP) is 2.60. The second-order valence-corrected chi connectivity index (χ2v) is 6.63. The molecule has 0 saturated heterocycles. The van der Waals surface area contributed by atoms with E-state index in [4.69, 9.17) is 11.5 Å². The zero-order chi connectivity index (χ0) is 20.9. The summed E-state index contributed by atoms with van der Waals surface area (Å²) in [6.07, 6.45) is 2.99. The molecule has 29 heavy (non-hydrogen) atoms. The van der Waals surface area contributed by atoms with Crippen molar-refractivity contribution in [3.05, 3.63) is 59.2 Å². The molecular formula is C20H17FN6O2. The number of rotatable bonds is 3. The predicted molar refractivity (Wildman–Crippen MR) is 106 cm³/mol. The number of anilines is 1. The summed E-state index contributed by atoms with van der Waals surface area (Å²) in [6.45, 7) is 3.59. The average Bonchev–Trinajstić information content (AvgIpc) is 3.08. The number of nitrogen functional groups attached to an aromatic ring is 1. The van der Waals surface area contributed by atoms with Crippen LogP contribution in [0.2, 0.25) is 0 Å². The van der Waals surface area contributed by atoms with Gasteiger partial charge in [0.1, 0.15) is 17.0 Å². The molecule has 0 saturated carbocycles. The summed E-state index contributed by atoms with van der Waals surface area (Å²) in [5.74, 6) is -1.32. The Hall–Kier alpha value is -4.01. The minimum absolute atomic E-state index is 0.00787. The Bertz CT molecular complexity index is 1300. The van der Waals surface area contributed by atoms with Crippen molar-refractivity contribution in [3.8, 4) is 28.4 Å². The fourth-order valence-corrected chi connectivity index (χ4v) is 3.37. The summed E-state index contributed by atoms with van der Waals surface area (Å²) in [6, 6.07) is 6.01. The molecule has 0 atom stereocenters. The van der Waals surface area contributed by atoms with Gasteiger partial charge in [0, 0.05) is 18.0 Å². The van der Waals surface area contributed by atoms with Crippen LogP contribution in [0.4, 0.5) is 10.1 Å². The van der Waals surface area contributed by atoms with E-state index < -0.39 is 11.7 Å². The molecule has 0 spiro atoms. The number of nitrogens with zero attached hydrogens (tertiary/aromatic N) is 4. The first kappa shape index (κ1) is 18.4. The fourth-order valence-electron chi connectivity index (χ4n) is 3.37. The summed E-state index contributed by atoms with van der Waals surface area (Å²) in [5, 5.41) is 14.4. The lowest BCUT2D eigenvalue weighted by molar-refractivity contribution is 0.100. The van der Waals surface area contributed by atoms with Gasteiger partial charge in [0.15, 0.2) is 11.5 Å². The number of halogens is 1. The van der Waals surface area contributed by atoms with Gasteiger partial charge >= 0.3 is 0 Å². The smallest absolute Gasteiger partial charge is 0.254 e. The summed E-state index contributed by atoms with van der Waals surface area (Å²) >= 11 is 0. The van der Waals surface area contributed by atoms with Gasteiger partial charge in [-0.15, -0.1) is 5.10 Å². The van der Waals surface area contributed by atoms with Gasteiger partial charge in [-0.05, 0) is 48.7 Å². The largest absolute Gasteiger partial charge is 0.508 e. The molecular weight excluding hydrogens is 375 g/mol. The van der Waals surface area contributed by atoms with E-state index in [1.54, 1.807) is 25.3 Å². The molecule has 1 aromatic carbocycles. The second kappa shape index (κ2) is 6.55. The first-order valence-electron chi connectivity index (χ1n) is 8.68. The van der Waals surface area contributed by atoms with Crippen LogP contribution >= 0.6 is 0 Å². The molecule has 0 bridgehead atoms. The number of primary amides is 1. The topological polar surface area (TPSA) is 132 Å². The number of fused-ring (bicyclic) bond motifs is 1. The quantitative estimate of drug-likeness (QED) is 0.491. The molecule has 0 aliphatic heterocycles. The second-order valence-electron chi connectivity index (χ2n) is 6.63. The van der Waals surface area contributed by atoms with Crippen LogP contribution < -0.4 is 11.5 Å². The van der Waals surface area contributed by atoms with Crippen molar-refractivity contribution in [2.45, 2.75) is 13.8 Å². The third kappa shape index (κ3) is 2.83. The molecule has 0 unspecified atom stereocenters. The van der Waals surface area contributed by atoms with Gasteiger partial charge in [-0.3, -0.25) is 4.79 Å². The third-order valence-corrected chi connectivity index (χ3v) is 4.80. The number of hydrogen-bond donors (Lipinski definition) is 3. The Labute approximate surface area is 164 Å². The molecule has 1 amide bonds. The molecule has 0 aliphatic carbocycles. The minimum Gasteiger partial charge on any atom is -0.508 e. The van der Waals surface area contributed by atoms with Crippen molar-refractivity contribution < 1.29 is 14.3 Å².